The standard InChI is InChI=1S/C17H33NO2/c1-6-9-18-15(13-8-7-10-19-12-13)14-11-16(2,3)20-17(14,4)5/h13-15,18H,6-12H2,1-5H3. The molecule has 20 heavy (non-hydrogen) atoms. The van der Waals surface area contributed by atoms with Gasteiger partial charge in [0.1, 0.15) is 0 Å². The third-order valence-corrected chi connectivity index (χ3v) is 4.91. The van der Waals surface area contributed by atoms with E-state index >= 15 is 0 Å². The fourth-order valence-corrected chi connectivity index (χ4v) is 4.16. The van der Waals surface area contributed by atoms with Crippen LogP contribution in [0.3, 0.4) is 0 Å². The van der Waals surface area contributed by atoms with Crippen LogP contribution in [-0.4, -0.2) is 37.0 Å². The molecule has 0 aliphatic carbocycles. The maximum Gasteiger partial charge on any atom is 0.0677 e. The van der Waals surface area contributed by atoms with E-state index in [1.165, 1.54) is 19.3 Å². The Kier molecular flexibility index (Phi) is 5.14. The second kappa shape index (κ2) is 6.33. The van der Waals surface area contributed by atoms with Gasteiger partial charge in [0.25, 0.3) is 0 Å². The van der Waals surface area contributed by atoms with Gasteiger partial charge < -0.3 is 14.8 Å². The van der Waals surface area contributed by atoms with Crippen molar-refractivity contribution in [3.05, 3.63) is 0 Å². The normalized spacial score (nSPS) is 34.0. The van der Waals surface area contributed by atoms with Crippen molar-refractivity contribution < 1.29 is 9.47 Å². The number of rotatable bonds is 5. The summed E-state index contributed by atoms with van der Waals surface area (Å²) in [6.45, 7) is 14.1. The van der Waals surface area contributed by atoms with Crippen LogP contribution >= 0.6 is 0 Å². The van der Waals surface area contributed by atoms with Gasteiger partial charge in [-0.2, -0.15) is 0 Å². The van der Waals surface area contributed by atoms with Gasteiger partial charge in [0.05, 0.1) is 17.8 Å². The fourth-order valence-electron chi connectivity index (χ4n) is 4.16. The van der Waals surface area contributed by atoms with Crippen molar-refractivity contribution in [1.29, 1.82) is 0 Å². The van der Waals surface area contributed by atoms with Gasteiger partial charge >= 0.3 is 0 Å². The molecule has 1 N–H and O–H groups in total. The molecule has 0 aromatic rings. The van der Waals surface area contributed by atoms with Crippen molar-refractivity contribution >= 4 is 0 Å². The second-order valence-corrected chi connectivity index (χ2v) is 7.73. The van der Waals surface area contributed by atoms with E-state index in [-0.39, 0.29) is 11.2 Å². The summed E-state index contributed by atoms with van der Waals surface area (Å²) in [5.74, 6) is 1.20. The van der Waals surface area contributed by atoms with Gasteiger partial charge in [-0.05, 0) is 65.8 Å². The van der Waals surface area contributed by atoms with Crippen LogP contribution in [0.25, 0.3) is 0 Å². The summed E-state index contributed by atoms with van der Waals surface area (Å²) in [6, 6.07) is 0.520. The molecule has 2 rings (SSSR count). The third kappa shape index (κ3) is 3.75. The first-order valence-electron chi connectivity index (χ1n) is 8.37. The highest BCUT2D eigenvalue weighted by Crippen LogP contribution is 2.45. The molecular formula is C17H33NO2. The summed E-state index contributed by atoms with van der Waals surface area (Å²) >= 11 is 0. The zero-order chi connectivity index (χ0) is 14.8. The average Bonchev–Trinajstić information content (AvgIpc) is 2.59. The minimum Gasteiger partial charge on any atom is -0.381 e. The van der Waals surface area contributed by atoms with Crippen LogP contribution in [0, 0.1) is 11.8 Å². The Hall–Kier alpha value is -0.120. The summed E-state index contributed by atoms with van der Waals surface area (Å²) in [6.07, 6.45) is 4.81. The van der Waals surface area contributed by atoms with Gasteiger partial charge in [0, 0.05) is 18.6 Å². The summed E-state index contributed by atoms with van der Waals surface area (Å²) in [5.41, 5.74) is -0.0534. The first-order valence-corrected chi connectivity index (χ1v) is 8.37. The number of hydrogen-bond donors (Lipinski definition) is 1. The third-order valence-electron chi connectivity index (χ3n) is 4.91. The fraction of sp³-hybridized carbons (Fsp3) is 1.00. The molecule has 3 unspecified atom stereocenters. The molecule has 3 atom stereocenters. The van der Waals surface area contributed by atoms with Crippen LogP contribution in [0.5, 0.6) is 0 Å². The number of hydrogen-bond acceptors (Lipinski definition) is 3. The quantitative estimate of drug-likeness (QED) is 0.839. The lowest BCUT2D eigenvalue weighted by Crippen LogP contribution is -2.50. The lowest BCUT2D eigenvalue weighted by Gasteiger charge is -2.39. The number of nitrogens with one attached hydrogen (secondary N) is 1. The summed E-state index contributed by atoms with van der Waals surface area (Å²) < 4.78 is 12.1. The Labute approximate surface area is 124 Å². The first-order chi connectivity index (χ1) is 9.36. The van der Waals surface area contributed by atoms with E-state index in [4.69, 9.17) is 9.47 Å². The largest absolute Gasteiger partial charge is 0.381 e. The van der Waals surface area contributed by atoms with Crippen LogP contribution in [0.15, 0.2) is 0 Å². The monoisotopic (exact) mass is 283 g/mol. The average molecular weight is 283 g/mol. The van der Waals surface area contributed by atoms with E-state index in [0.717, 1.165) is 26.2 Å². The van der Waals surface area contributed by atoms with Crippen molar-refractivity contribution in [3.8, 4) is 0 Å². The molecule has 2 aliphatic heterocycles. The van der Waals surface area contributed by atoms with Gasteiger partial charge in [0.15, 0.2) is 0 Å². The molecule has 0 spiro atoms. The van der Waals surface area contributed by atoms with Crippen LogP contribution in [0.2, 0.25) is 0 Å². The molecule has 0 amide bonds. The number of ether oxygens (including phenoxy) is 2. The van der Waals surface area contributed by atoms with Crippen molar-refractivity contribution in [3.63, 3.8) is 0 Å². The first kappa shape index (κ1) is 16.3. The lowest BCUT2D eigenvalue weighted by atomic mass is 9.75. The highest BCUT2D eigenvalue weighted by molar-refractivity contribution is 5.01. The molecule has 118 valence electrons. The molecule has 3 nitrogen and oxygen atoms in total. The second-order valence-electron chi connectivity index (χ2n) is 7.73. The van der Waals surface area contributed by atoms with Crippen molar-refractivity contribution in [2.24, 2.45) is 11.8 Å². The maximum absolute atomic E-state index is 6.32. The van der Waals surface area contributed by atoms with E-state index in [1.807, 2.05) is 0 Å². The smallest absolute Gasteiger partial charge is 0.0677 e. The van der Waals surface area contributed by atoms with Crippen LogP contribution in [0.1, 0.15) is 60.3 Å². The zero-order valence-electron chi connectivity index (χ0n) is 14.0. The Bertz CT molecular complexity index is 308. The SMILES string of the molecule is CCCNC(C1CCCOC1)C1CC(C)(C)OC1(C)C. The van der Waals surface area contributed by atoms with Gasteiger partial charge in [-0.3, -0.25) is 0 Å². The van der Waals surface area contributed by atoms with E-state index in [0.29, 0.717) is 17.9 Å². The molecule has 0 radical (unpaired) electrons. The Morgan fingerprint density at radius 3 is 2.50 bits per heavy atom. The zero-order valence-corrected chi connectivity index (χ0v) is 14.0. The maximum atomic E-state index is 6.32. The van der Waals surface area contributed by atoms with Gasteiger partial charge in [0.2, 0.25) is 0 Å². The summed E-state index contributed by atoms with van der Waals surface area (Å²) in [4.78, 5) is 0. The predicted molar refractivity (Wildman–Crippen MR) is 83.0 cm³/mol. The molecule has 0 aromatic carbocycles. The molecule has 2 saturated heterocycles. The van der Waals surface area contributed by atoms with Crippen LogP contribution < -0.4 is 5.32 Å². The molecule has 2 fully saturated rings. The van der Waals surface area contributed by atoms with Crippen molar-refractivity contribution in [1.82, 2.24) is 5.32 Å². The van der Waals surface area contributed by atoms with E-state index in [9.17, 15) is 0 Å². The van der Waals surface area contributed by atoms with Crippen molar-refractivity contribution in [2.45, 2.75) is 77.5 Å². The molecule has 0 bridgehead atoms. The molecule has 2 heterocycles. The minimum atomic E-state index is -0.0493. The van der Waals surface area contributed by atoms with E-state index in [1.54, 1.807) is 0 Å². The summed E-state index contributed by atoms with van der Waals surface area (Å²) in [7, 11) is 0. The van der Waals surface area contributed by atoms with Gasteiger partial charge in [-0.25, -0.2) is 0 Å². The van der Waals surface area contributed by atoms with Gasteiger partial charge in [-0.15, -0.1) is 0 Å². The van der Waals surface area contributed by atoms with Crippen LogP contribution in [0.4, 0.5) is 0 Å². The molecule has 3 heteroatoms. The van der Waals surface area contributed by atoms with Gasteiger partial charge in [-0.1, -0.05) is 6.92 Å². The lowest BCUT2D eigenvalue weighted by molar-refractivity contribution is -0.0827. The van der Waals surface area contributed by atoms with E-state index < -0.39 is 0 Å². The minimum absolute atomic E-state index is 0.00413. The Balaban J connectivity index is 2.12. The van der Waals surface area contributed by atoms with E-state index in [2.05, 4.69) is 39.9 Å². The van der Waals surface area contributed by atoms with Crippen molar-refractivity contribution in [2.75, 3.05) is 19.8 Å². The highest BCUT2D eigenvalue weighted by atomic mass is 16.5. The van der Waals surface area contributed by atoms with Crippen LogP contribution in [-0.2, 0) is 9.47 Å². The topological polar surface area (TPSA) is 30.5 Å². The predicted octanol–water partition coefficient (Wildman–Crippen LogP) is 3.37. The Morgan fingerprint density at radius 2 is 2.00 bits per heavy atom. The molecule has 2 aliphatic rings. The Morgan fingerprint density at radius 1 is 1.25 bits per heavy atom. The highest BCUT2D eigenvalue weighted by Gasteiger charge is 2.50. The molecule has 0 aromatic heterocycles. The summed E-state index contributed by atoms with van der Waals surface area (Å²) in [5, 5.41) is 3.81. The molecular weight excluding hydrogens is 250 g/mol. The molecule has 0 saturated carbocycles.